The normalized spacial score (nSPS) is 14.1. The molecular weight excluding hydrogens is 418 g/mol. The third-order valence-corrected chi connectivity index (χ3v) is 6.62. The van der Waals surface area contributed by atoms with Gasteiger partial charge in [0.25, 0.3) is 0 Å². The predicted octanol–water partition coefficient (Wildman–Crippen LogP) is 2.41. The number of anilines is 1. The van der Waals surface area contributed by atoms with Crippen molar-refractivity contribution >= 4 is 27.7 Å². The lowest BCUT2D eigenvalue weighted by Gasteiger charge is -2.12. The van der Waals surface area contributed by atoms with Crippen LogP contribution < -0.4 is 10.0 Å². The van der Waals surface area contributed by atoms with Crippen molar-refractivity contribution in [3.8, 4) is 11.1 Å². The molecule has 0 atom stereocenters. The third-order valence-electron chi connectivity index (χ3n) is 5.08. The van der Waals surface area contributed by atoms with Crippen molar-refractivity contribution < 1.29 is 18.0 Å². The van der Waals surface area contributed by atoms with Gasteiger partial charge in [-0.3, -0.25) is 14.6 Å². The molecule has 0 fully saturated rings. The Hall–Kier alpha value is -3.37. The molecule has 1 aliphatic rings. The van der Waals surface area contributed by atoms with Crippen LogP contribution in [0.1, 0.15) is 34.5 Å². The molecule has 160 valence electrons. The molecule has 2 N–H and O–H groups in total. The van der Waals surface area contributed by atoms with E-state index in [0.29, 0.717) is 22.4 Å². The van der Waals surface area contributed by atoms with Crippen LogP contribution >= 0.6 is 0 Å². The summed E-state index contributed by atoms with van der Waals surface area (Å²) in [6, 6.07) is 8.50. The molecule has 0 aliphatic carbocycles. The molecule has 4 rings (SSSR count). The van der Waals surface area contributed by atoms with Gasteiger partial charge in [-0.1, -0.05) is 18.2 Å². The summed E-state index contributed by atoms with van der Waals surface area (Å²) in [5, 5.41) is 7.00. The van der Waals surface area contributed by atoms with E-state index in [1.54, 1.807) is 50.5 Å². The molecular formula is C21H21N5O4S. The molecule has 3 aromatic rings. The van der Waals surface area contributed by atoms with Crippen molar-refractivity contribution in [2.75, 3.05) is 5.32 Å². The van der Waals surface area contributed by atoms with Crippen LogP contribution in [0.2, 0.25) is 0 Å². The molecule has 10 heteroatoms. The minimum absolute atomic E-state index is 0.0607. The van der Waals surface area contributed by atoms with Crippen molar-refractivity contribution in [3.63, 3.8) is 0 Å². The smallest absolute Gasteiger partial charge is 0.249 e. The Morgan fingerprint density at radius 3 is 2.71 bits per heavy atom. The van der Waals surface area contributed by atoms with Crippen LogP contribution in [0.5, 0.6) is 0 Å². The number of nitrogens with one attached hydrogen (secondary N) is 2. The van der Waals surface area contributed by atoms with E-state index in [0.717, 1.165) is 5.56 Å². The minimum Gasteiger partial charge on any atom is -0.310 e. The molecule has 1 aromatic carbocycles. The fourth-order valence-electron chi connectivity index (χ4n) is 3.49. The summed E-state index contributed by atoms with van der Waals surface area (Å²) >= 11 is 0. The van der Waals surface area contributed by atoms with Gasteiger partial charge in [-0.2, -0.15) is 9.78 Å². The standard InChI is InChI=1S/C21H21N5O4S/c1-13-5-6-16(10-17(13)31(29,30)23-12-15-4-3-9-22-11-15)20-14(2)25-26-19(28)8-7-18(27)24-21(20)26/h3-6,9-11,23H,7-8,12H2,1-2H3,(H,24,27). The quantitative estimate of drug-likeness (QED) is 0.629. The number of rotatable bonds is 5. The van der Waals surface area contributed by atoms with Crippen LogP contribution in [0.25, 0.3) is 11.1 Å². The number of aryl methyl sites for hydroxylation is 2. The summed E-state index contributed by atoms with van der Waals surface area (Å²) in [6.07, 6.45) is 3.35. The summed E-state index contributed by atoms with van der Waals surface area (Å²) in [4.78, 5) is 28.5. The van der Waals surface area contributed by atoms with Gasteiger partial charge in [-0.25, -0.2) is 13.1 Å². The van der Waals surface area contributed by atoms with Gasteiger partial charge in [0.1, 0.15) is 5.82 Å². The van der Waals surface area contributed by atoms with Gasteiger partial charge >= 0.3 is 0 Å². The second-order valence-corrected chi connectivity index (χ2v) is 9.06. The first-order valence-corrected chi connectivity index (χ1v) is 11.2. The number of benzene rings is 1. The number of sulfonamides is 1. The first-order chi connectivity index (χ1) is 14.8. The van der Waals surface area contributed by atoms with Crippen molar-refractivity contribution in [1.82, 2.24) is 19.5 Å². The van der Waals surface area contributed by atoms with Crippen molar-refractivity contribution in [1.29, 1.82) is 0 Å². The minimum atomic E-state index is -3.82. The largest absolute Gasteiger partial charge is 0.310 e. The SMILES string of the molecule is Cc1ccc(-c2c(C)nn3c2NC(=O)CCC3=O)cc1S(=O)(=O)NCc1cccnc1. The van der Waals surface area contributed by atoms with Gasteiger partial charge in [-0.15, -0.1) is 0 Å². The summed E-state index contributed by atoms with van der Waals surface area (Å²) in [7, 11) is -3.82. The average Bonchev–Trinajstić information content (AvgIpc) is 3.00. The highest BCUT2D eigenvalue weighted by molar-refractivity contribution is 7.89. The van der Waals surface area contributed by atoms with E-state index in [1.165, 1.54) is 10.7 Å². The number of carbonyl (C=O) groups is 2. The van der Waals surface area contributed by atoms with Crippen LogP contribution in [0, 0.1) is 13.8 Å². The lowest BCUT2D eigenvalue weighted by Crippen LogP contribution is -2.24. The molecule has 9 nitrogen and oxygen atoms in total. The van der Waals surface area contributed by atoms with E-state index in [1.807, 2.05) is 0 Å². The summed E-state index contributed by atoms with van der Waals surface area (Å²) in [5.74, 6) is -0.312. The number of fused-ring (bicyclic) bond motifs is 1. The zero-order valence-electron chi connectivity index (χ0n) is 17.0. The predicted molar refractivity (Wildman–Crippen MR) is 114 cm³/mol. The highest BCUT2D eigenvalue weighted by atomic mass is 32.2. The van der Waals surface area contributed by atoms with Gasteiger partial charge in [-0.05, 0) is 42.7 Å². The number of hydrogen-bond acceptors (Lipinski definition) is 6. The van der Waals surface area contributed by atoms with Gasteiger partial charge in [0.2, 0.25) is 21.8 Å². The highest BCUT2D eigenvalue weighted by Crippen LogP contribution is 2.35. The molecule has 0 spiro atoms. The molecule has 0 unspecified atom stereocenters. The van der Waals surface area contributed by atoms with E-state index < -0.39 is 10.0 Å². The summed E-state index contributed by atoms with van der Waals surface area (Å²) in [6.45, 7) is 3.52. The number of amides is 1. The molecule has 31 heavy (non-hydrogen) atoms. The summed E-state index contributed by atoms with van der Waals surface area (Å²) in [5.41, 5.74) is 2.88. The van der Waals surface area contributed by atoms with E-state index in [4.69, 9.17) is 0 Å². The van der Waals surface area contributed by atoms with Gasteiger partial charge in [0.15, 0.2) is 0 Å². The van der Waals surface area contributed by atoms with Gasteiger partial charge < -0.3 is 5.32 Å². The highest BCUT2D eigenvalue weighted by Gasteiger charge is 2.27. The van der Waals surface area contributed by atoms with E-state index >= 15 is 0 Å². The maximum Gasteiger partial charge on any atom is 0.249 e. The van der Waals surface area contributed by atoms with Crippen LogP contribution in [0.4, 0.5) is 5.82 Å². The maximum absolute atomic E-state index is 13.0. The maximum atomic E-state index is 13.0. The number of carbonyl (C=O) groups excluding carboxylic acids is 2. The van der Waals surface area contributed by atoms with Crippen LogP contribution in [-0.4, -0.2) is 35.0 Å². The second-order valence-electron chi connectivity index (χ2n) is 7.33. The van der Waals surface area contributed by atoms with Crippen molar-refractivity contribution in [2.45, 2.75) is 38.1 Å². The number of nitrogens with zero attached hydrogens (tertiary/aromatic N) is 3. The molecule has 0 saturated heterocycles. The lowest BCUT2D eigenvalue weighted by molar-refractivity contribution is -0.116. The number of pyridine rings is 1. The van der Waals surface area contributed by atoms with Crippen LogP contribution in [0.3, 0.4) is 0 Å². The Morgan fingerprint density at radius 1 is 1.16 bits per heavy atom. The fourth-order valence-corrected chi connectivity index (χ4v) is 4.78. The number of aromatic nitrogens is 3. The molecule has 3 heterocycles. The summed E-state index contributed by atoms with van der Waals surface area (Å²) < 4.78 is 29.8. The van der Waals surface area contributed by atoms with Crippen molar-refractivity contribution in [2.24, 2.45) is 0 Å². The first-order valence-electron chi connectivity index (χ1n) is 9.68. The van der Waals surface area contributed by atoms with E-state index in [9.17, 15) is 18.0 Å². The van der Waals surface area contributed by atoms with E-state index in [2.05, 4.69) is 20.1 Å². The lowest BCUT2D eigenvalue weighted by atomic mass is 10.0. The van der Waals surface area contributed by atoms with Gasteiger partial charge in [0.05, 0.1) is 10.6 Å². The molecule has 1 amide bonds. The Bertz CT molecular complexity index is 1280. The molecule has 0 radical (unpaired) electrons. The monoisotopic (exact) mass is 439 g/mol. The molecule has 2 aromatic heterocycles. The molecule has 0 bridgehead atoms. The third kappa shape index (κ3) is 4.12. The van der Waals surface area contributed by atoms with Crippen molar-refractivity contribution in [3.05, 3.63) is 59.5 Å². The first kappa shape index (κ1) is 20.9. The zero-order valence-corrected chi connectivity index (χ0v) is 17.9. The Morgan fingerprint density at radius 2 is 1.97 bits per heavy atom. The Labute approximate surface area is 179 Å². The Kier molecular flexibility index (Phi) is 5.42. The topological polar surface area (TPSA) is 123 Å². The fraction of sp³-hybridized carbons (Fsp3) is 0.238. The van der Waals surface area contributed by atoms with E-state index in [-0.39, 0.29) is 41.9 Å². The average molecular weight is 439 g/mol. The zero-order chi connectivity index (χ0) is 22.2. The number of hydrogen-bond donors (Lipinski definition) is 2. The van der Waals surface area contributed by atoms with Crippen LogP contribution in [0.15, 0.2) is 47.6 Å². The second kappa shape index (κ2) is 8.05. The molecule has 0 saturated carbocycles. The molecule has 1 aliphatic heterocycles. The Balaban J connectivity index is 1.74. The van der Waals surface area contributed by atoms with Crippen LogP contribution in [-0.2, 0) is 21.4 Å². The van der Waals surface area contributed by atoms with Gasteiger partial charge in [0, 0.05) is 37.3 Å².